The number of rotatable bonds is 11. The van der Waals surface area contributed by atoms with Crippen LogP contribution in [0.3, 0.4) is 0 Å². The lowest BCUT2D eigenvalue weighted by Crippen LogP contribution is -2.52. The Balaban J connectivity index is 2.06. The summed E-state index contributed by atoms with van der Waals surface area (Å²) >= 11 is 12.2. The highest BCUT2D eigenvalue weighted by Gasteiger charge is 2.33. The molecule has 2 amide bonds. The van der Waals surface area contributed by atoms with Gasteiger partial charge in [-0.05, 0) is 74.4 Å². The van der Waals surface area contributed by atoms with Crippen molar-refractivity contribution in [2.24, 2.45) is 0 Å². The number of aryl methyl sites for hydroxylation is 1. The number of carbonyl (C=O) groups is 2. The molecule has 0 saturated heterocycles. The zero-order chi connectivity index (χ0) is 28.7. The highest BCUT2D eigenvalue weighted by Crippen LogP contribution is 2.27. The standard InChI is InChI=1S/C28H30Cl2FN3O4S/c1-4-26(28(36)32-5-2)33(17-20-8-15-24(29)25(30)16-20)27(35)18-34(22-11-6-19(3)7-12-22)39(37,38)23-13-9-21(31)10-14-23/h6-16,26H,4-5,17-18H2,1-3H3,(H,32,36)/t26-/m1/s1. The highest BCUT2D eigenvalue weighted by atomic mass is 35.5. The molecule has 39 heavy (non-hydrogen) atoms. The molecule has 1 N–H and O–H groups in total. The van der Waals surface area contributed by atoms with E-state index in [1.165, 1.54) is 4.90 Å². The minimum absolute atomic E-state index is 0.0102. The molecule has 0 bridgehead atoms. The zero-order valence-corrected chi connectivity index (χ0v) is 24.2. The van der Waals surface area contributed by atoms with E-state index in [4.69, 9.17) is 23.2 Å². The van der Waals surface area contributed by atoms with Gasteiger partial charge in [-0.3, -0.25) is 13.9 Å². The first-order valence-electron chi connectivity index (χ1n) is 12.3. The predicted octanol–water partition coefficient (Wildman–Crippen LogP) is 5.58. The Morgan fingerprint density at radius 1 is 0.949 bits per heavy atom. The largest absolute Gasteiger partial charge is 0.355 e. The van der Waals surface area contributed by atoms with Crippen molar-refractivity contribution >= 4 is 50.7 Å². The average molecular weight is 595 g/mol. The van der Waals surface area contributed by atoms with Crippen molar-refractivity contribution in [1.82, 2.24) is 10.2 Å². The maximum Gasteiger partial charge on any atom is 0.264 e. The number of carbonyl (C=O) groups excluding carboxylic acids is 2. The normalized spacial score (nSPS) is 12.1. The van der Waals surface area contributed by atoms with Gasteiger partial charge in [-0.25, -0.2) is 12.8 Å². The van der Waals surface area contributed by atoms with E-state index >= 15 is 0 Å². The molecule has 3 aromatic carbocycles. The molecular formula is C28H30Cl2FN3O4S. The fourth-order valence-electron chi connectivity index (χ4n) is 4.02. The highest BCUT2D eigenvalue weighted by molar-refractivity contribution is 7.92. The molecule has 0 radical (unpaired) electrons. The second kappa shape index (κ2) is 13.3. The van der Waals surface area contributed by atoms with Gasteiger partial charge in [0, 0.05) is 13.1 Å². The number of amides is 2. The Morgan fingerprint density at radius 3 is 2.15 bits per heavy atom. The topological polar surface area (TPSA) is 86.8 Å². The minimum atomic E-state index is -4.28. The van der Waals surface area contributed by atoms with E-state index in [2.05, 4.69) is 5.32 Å². The van der Waals surface area contributed by atoms with Crippen molar-refractivity contribution in [3.8, 4) is 0 Å². The van der Waals surface area contributed by atoms with Crippen LogP contribution in [0.5, 0.6) is 0 Å². The smallest absolute Gasteiger partial charge is 0.264 e. The molecule has 11 heteroatoms. The van der Waals surface area contributed by atoms with Crippen LogP contribution in [-0.4, -0.2) is 44.3 Å². The zero-order valence-electron chi connectivity index (χ0n) is 21.8. The third-order valence-corrected chi connectivity index (χ3v) is 8.60. The van der Waals surface area contributed by atoms with Gasteiger partial charge in [0.15, 0.2) is 0 Å². The van der Waals surface area contributed by atoms with E-state index in [0.717, 1.165) is 34.1 Å². The molecule has 0 aliphatic carbocycles. The van der Waals surface area contributed by atoms with Crippen molar-refractivity contribution in [3.63, 3.8) is 0 Å². The number of benzene rings is 3. The molecule has 3 rings (SSSR count). The Morgan fingerprint density at radius 2 is 1.59 bits per heavy atom. The van der Waals surface area contributed by atoms with Crippen LogP contribution in [0.1, 0.15) is 31.4 Å². The molecule has 3 aromatic rings. The Hall–Kier alpha value is -3.14. The molecule has 1 atom stereocenters. The number of nitrogens with one attached hydrogen (secondary N) is 1. The fraction of sp³-hybridized carbons (Fsp3) is 0.286. The first kappa shape index (κ1) is 30.4. The number of hydrogen-bond donors (Lipinski definition) is 1. The van der Waals surface area contributed by atoms with Gasteiger partial charge < -0.3 is 10.2 Å². The number of halogens is 3. The Bertz CT molecular complexity index is 1420. The van der Waals surface area contributed by atoms with Crippen molar-refractivity contribution in [2.75, 3.05) is 17.4 Å². The van der Waals surface area contributed by atoms with E-state index in [9.17, 15) is 22.4 Å². The van der Waals surface area contributed by atoms with Crippen LogP contribution < -0.4 is 9.62 Å². The van der Waals surface area contributed by atoms with Gasteiger partial charge in [-0.15, -0.1) is 0 Å². The minimum Gasteiger partial charge on any atom is -0.355 e. The maximum atomic E-state index is 13.9. The maximum absolute atomic E-state index is 13.9. The summed E-state index contributed by atoms with van der Waals surface area (Å²) in [7, 11) is -4.28. The number of nitrogens with zero attached hydrogens (tertiary/aromatic N) is 2. The molecule has 0 unspecified atom stereocenters. The fourth-order valence-corrected chi connectivity index (χ4v) is 5.75. The van der Waals surface area contributed by atoms with E-state index in [1.807, 2.05) is 6.92 Å². The Labute approximate surface area is 238 Å². The van der Waals surface area contributed by atoms with Crippen molar-refractivity contribution in [3.05, 3.63) is 93.7 Å². The number of likely N-dealkylation sites (N-methyl/N-ethyl adjacent to an activating group) is 1. The monoisotopic (exact) mass is 593 g/mol. The van der Waals surface area contributed by atoms with Gasteiger partial charge in [0.25, 0.3) is 10.0 Å². The van der Waals surface area contributed by atoms with Crippen LogP contribution in [0.15, 0.2) is 71.6 Å². The van der Waals surface area contributed by atoms with Gasteiger partial charge in [0.1, 0.15) is 18.4 Å². The van der Waals surface area contributed by atoms with Crippen LogP contribution in [0.2, 0.25) is 10.0 Å². The van der Waals surface area contributed by atoms with Gasteiger partial charge in [-0.2, -0.15) is 0 Å². The lowest BCUT2D eigenvalue weighted by molar-refractivity contribution is -0.140. The molecule has 0 aromatic heterocycles. The summed E-state index contributed by atoms with van der Waals surface area (Å²) in [5, 5.41) is 3.37. The van der Waals surface area contributed by atoms with Crippen LogP contribution in [0.25, 0.3) is 0 Å². The van der Waals surface area contributed by atoms with Crippen LogP contribution in [0.4, 0.5) is 10.1 Å². The van der Waals surface area contributed by atoms with Gasteiger partial charge in [-0.1, -0.05) is 53.9 Å². The summed E-state index contributed by atoms with van der Waals surface area (Å²) in [5.41, 5.74) is 1.76. The molecule has 0 saturated carbocycles. The molecule has 0 aliphatic heterocycles. The predicted molar refractivity (Wildman–Crippen MR) is 152 cm³/mol. The summed E-state index contributed by atoms with van der Waals surface area (Å²) in [4.78, 5) is 28.0. The average Bonchev–Trinajstić information content (AvgIpc) is 2.90. The van der Waals surface area contributed by atoms with Crippen molar-refractivity contribution in [1.29, 1.82) is 0 Å². The molecule has 7 nitrogen and oxygen atoms in total. The van der Waals surface area contributed by atoms with Crippen molar-refractivity contribution in [2.45, 2.75) is 44.7 Å². The lowest BCUT2D eigenvalue weighted by atomic mass is 10.1. The summed E-state index contributed by atoms with van der Waals surface area (Å²) in [5.74, 6) is -1.56. The third-order valence-electron chi connectivity index (χ3n) is 6.08. The van der Waals surface area contributed by atoms with Crippen LogP contribution in [-0.2, 0) is 26.2 Å². The Kier molecular flexibility index (Phi) is 10.4. The molecule has 0 aliphatic rings. The summed E-state index contributed by atoms with van der Waals surface area (Å²) in [6.45, 7) is 5.14. The lowest BCUT2D eigenvalue weighted by Gasteiger charge is -2.33. The summed E-state index contributed by atoms with van der Waals surface area (Å²) in [6, 6.07) is 15.0. The molecule has 0 heterocycles. The van der Waals surface area contributed by atoms with E-state index in [1.54, 1.807) is 56.3 Å². The quantitative estimate of drug-likeness (QED) is 0.314. The number of anilines is 1. The van der Waals surface area contributed by atoms with E-state index in [0.29, 0.717) is 17.1 Å². The molecule has 208 valence electrons. The number of hydrogen-bond acceptors (Lipinski definition) is 4. The van der Waals surface area contributed by atoms with Crippen molar-refractivity contribution < 1.29 is 22.4 Å². The first-order chi connectivity index (χ1) is 18.5. The first-order valence-corrected chi connectivity index (χ1v) is 14.5. The van der Waals surface area contributed by atoms with E-state index < -0.39 is 34.3 Å². The SMILES string of the molecule is CCNC(=O)[C@@H](CC)N(Cc1ccc(Cl)c(Cl)c1)C(=O)CN(c1ccc(C)cc1)S(=O)(=O)c1ccc(F)cc1. The third kappa shape index (κ3) is 7.50. The molecule has 0 fully saturated rings. The number of sulfonamides is 1. The van der Waals surface area contributed by atoms with Crippen LogP contribution in [0, 0.1) is 12.7 Å². The second-order valence-electron chi connectivity index (χ2n) is 8.89. The van der Waals surface area contributed by atoms with Gasteiger partial charge >= 0.3 is 0 Å². The van der Waals surface area contributed by atoms with Gasteiger partial charge in [0.05, 0.1) is 20.6 Å². The summed E-state index contributed by atoms with van der Waals surface area (Å²) < 4.78 is 42.0. The van der Waals surface area contributed by atoms with Gasteiger partial charge in [0.2, 0.25) is 11.8 Å². The summed E-state index contributed by atoms with van der Waals surface area (Å²) in [6.07, 6.45) is 0.286. The molecule has 0 spiro atoms. The van der Waals surface area contributed by atoms with E-state index in [-0.39, 0.29) is 34.5 Å². The van der Waals surface area contributed by atoms with Crippen LogP contribution >= 0.6 is 23.2 Å². The molecular weight excluding hydrogens is 564 g/mol. The second-order valence-corrected chi connectivity index (χ2v) is 11.6.